The molecule has 0 spiro atoms. The predicted octanol–water partition coefficient (Wildman–Crippen LogP) is 1.79. The van der Waals surface area contributed by atoms with Crippen LogP contribution in [0.4, 0.5) is 0 Å². The first-order valence-electron chi connectivity index (χ1n) is 6.27. The highest BCUT2D eigenvalue weighted by atomic mass is 32.2. The molecule has 0 aliphatic carbocycles. The fourth-order valence-electron chi connectivity index (χ4n) is 1.59. The van der Waals surface area contributed by atoms with Crippen LogP contribution < -0.4 is 10.5 Å². The van der Waals surface area contributed by atoms with E-state index in [0.29, 0.717) is 0 Å². The van der Waals surface area contributed by atoms with Gasteiger partial charge >= 0.3 is 0 Å². The molecule has 102 valence electrons. The van der Waals surface area contributed by atoms with E-state index in [9.17, 15) is 8.42 Å². The summed E-state index contributed by atoms with van der Waals surface area (Å²) >= 11 is 0. The molecule has 3 N–H and O–H groups in total. The fourth-order valence-corrected chi connectivity index (χ4v) is 2.68. The van der Waals surface area contributed by atoms with Crippen LogP contribution in [0.5, 0.6) is 0 Å². The number of benzene rings is 1. The summed E-state index contributed by atoms with van der Waals surface area (Å²) in [6.45, 7) is 4.30. The van der Waals surface area contributed by atoms with Crippen molar-refractivity contribution in [3.8, 4) is 0 Å². The second-order valence-electron chi connectivity index (χ2n) is 4.57. The highest BCUT2D eigenvalue weighted by Gasteiger charge is 2.14. The third kappa shape index (κ3) is 4.76. The number of nitrogens with two attached hydrogens (primary N) is 1. The maximum Gasteiger partial charge on any atom is 0.240 e. The van der Waals surface area contributed by atoms with Gasteiger partial charge in [-0.3, -0.25) is 0 Å². The molecule has 0 amide bonds. The van der Waals surface area contributed by atoms with Crippen LogP contribution in [0.1, 0.15) is 31.7 Å². The molecule has 1 rings (SSSR count). The Morgan fingerprint density at radius 1 is 1.28 bits per heavy atom. The topological polar surface area (TPSA) is 72.2 Å². The van der Waals surface area contributed by atoms with Gasteiger partial charge < -0.3 is 5.73 Å². The molecule has 0 aliphatic rings. The number of aryl methyl sites for hydroxylation is 1. The second-order valence-corrected chi connectivity index (χ2v) is 6.33. The molecule has 0 saturated carbocycles. The van der Waals surface area contributed by atoms with E-state index in [-0.39, 0.29) is 17.5 Å². The van der Waals surface area contributed by atoms with Gasteiger partial charge in [0.25, 0.3) is 0 Å². The van der Waals surface area contributed by atoms with Gasteiger partial charge in [0.15, 0.2) is 0 Å². The predicted molar refractivity (Wildman–Crippen MR) is 73.9 cm³/mol. The largest absolute Gasteiger partial charge is 0.327 e. The molecule has 0 aromatic heterocycles. The lowest BCUT2D eigenvalue weighted by Gasteiger charge is -2.12. The summed E-state index contributed by atoms with van der Waals surface area (Å²) in [5, 5.41) is 0. The second kappa shape index (κ2) is 6.87. The van der Waals surface area contributed by atoms with Crippen molar-refractivity contribution in [2.75, 3.05) is 6.54 Å². The molecule has 0 saturated heterocycles. The summed E-state index contributed by atoms with van der Waals surface area (Å²) in [5.41, 5.74) is 6.88. The summed E-state index contributed by atoms with van der Waals surface area (Å²) in [6, 6.07) is 6.66. The average Bonchev–Trinajstić information content (AvgIpc) is 2.34. The minimum atomic E-state index is -3.43. The Labute approximate surface area is 110 Å². The van der Waals surface area contributed by atoms with E-state index in [1.54, 1.807) is 24.3 Å². The Kier molecular flexibility index (Phi) is 5.78. The highest BCUT2D eigenvalue weighted by Crippen LogP contribution is 2.09. The van der Waals surface area contributed by atoms with E-state index >= 15 is 0 Å². The summed E-state index contributed by atoms with van der Waals surface area (Å²) < 4.78 is 26.5. The van der Waals surface area contributed by atoms with Gasteiger partial charge in [-0.05, 0) is 25.5 Å². The summed E-state index contributed by atoms with van der Waals surface area (Å²) in [5.74, 6) is 0. The third-order valence-electron chi connectivity index (χ3n) is 2.80. The van der Waals surface area contributed by atoms with Crippen LogP contribution >= 0.6 is 0 Å². The molecule has 1 aromatic carbocycles. The molecule has 4 nitrogen and oxygen atoms in total. The Bertz CT molecular complexity index is 454. The van der Waals surface area contributed by atoms with E-state index in [1.165, 1.54) is 0 Å². The van der Waals surface area contributed by atoms with Crippen molar-refractivity contribution in [2.45, 2.75) is 44.0 Å². The molecule has 0 fully saturated rings. The first-order valence-corrected chi connectivity index (χ1v) is 7.76. The Morgan fingerprint density at radius 3 is 2.44 bits per heavy atom. The molecule has 18 heavy (non-hydrogen) atoms. The Morgan fingerprint density at radius 2 is 1.89 bits per heavy atom. The van der Waals surface area contributed by atoms with Crippen molar-refractivity contribution in [2.24, 2.45) is 5.73 Å². The number of hydrogen-bond donors (Lipinski definition) is 2. The molecule has 1 atom stereocenters. The zero-order valence-electron chi connectivity index (χ0n) is 11.0. The lowest BCUT2D eigenvalue weighted by molar-refractivity contribution is 0.543. The van der Waals surface area contributed by atoms with Crippen molar-refractivity contribution in [3.05, 3.63) is 29.8 Å². The molecule has 1 aromatic rings. The minimum Gasteiger partial charge on any atom is -0.327 e. The lowest BCUT2D eigenvalue weighted by Crippen LogP contribution is -2.37. The van der Waals surface area contributed by atoms with E-state index in [2.05, 4.69) is 11.6 Å². The van der Waals surface area contributed by atoms with Crippen LogP contribution in [-0.2, 0) is 10.0 Å². The molecule has 0 radical (unpaired) electrons. The number of sulfonamides is 1. The van der Waals surface area contributed by atoms with Crippen LogP contribution in [0.3, 0.4) is 0 Å². The van der Waals surface area contributed by atoms with Crippen LogP contribution in [0.2, 0.25) is 0 Å². The molecule has 1 unspecified atom stereocenters. The SMILES string of the molecule is CCCCC(N)CNS(=O)(=O)c1ccc(C)cc1. The maximum atomic E-state index is 12.0. The van der Waals surface area contributed by atoms with Crippen LogP contribution in [0.25, 0.3) is 0 Å². The standard InChI is InChI=1S/C13H22N2O2S/c1-3-4-5-12(14)10-15-18(16,17)13-8-6-11(2)7-9-13/h6-9,12,15H,3-5,10,14H2,1-2H3. The van der Waals surface area contributed by atoms with Crippen LogP contribution in [0, 0.1) is 6.92 Å². The van der Waals surface area contributed by atoms with Crippen molar-refractivity contribution in [1.29, 1.82) is 0 Å². The van der Waals surface area contributed by atoms with Gasteiger partial charge in [0, 0.05) is 12.6 Å². The summed E-state index contributed by atoms with van der Waals surface area (Å²) in [7, 11) is -3.43. The van der Waals surface area contributed by atoms with Gasteiger partial charge in [0.1, 0.15) is 0 Å². The average molecular weight is 270 g/mol. The summed E-state index contributed by atoms with van der Waals surface area (Å²) in [6.07, 6.45) is 2.93. The first-order chi connectivity index (χ1) is 8.45. The number of hydrogen-bond acceptors (Lipinski definition) is 3. The normalized spacial score (nSPS) is 13.5. The zero-order chi connectivity index (χ0) is 13.6. The molecule has 0 bridgehead atoms. The number of nitrogens with one attached hydrogen (secondary N) is 1. The minimum absolute atomic E-state index is 0.120. The van der Waals surface area contributed by atoms with Gasteiger partial charge in [-0.25, -0.2) is 13.1 Å². The first kappa shape index (κ1) is 15.1. The monoisotopic (exact) mass is 270 g/mol. The van der Waals surface area contributed by atoms with E-state index in [1.807, 2.05) is 6.92 Å². The van der Waals surface area contributed by atoms with E-state index in [4.69, 9.17) is 5.73 Å². The summed E-state index contributed by atoms with van der Waals surface area (Å²) in [4.78, 5) is 0.288. The lowest BCUT2D eigenvalue weighted by atomic mass is 10.1. The van der Waals surface area contributed by atoms with Crippen molar-refractivity contribution >= 4 is 10.0 Å². The third-order valence-corrected chi connectivity index (χ3v) is 4.23. The Hall–Kier alpha value is -0.910. The number of rotatable bonds is 7. The maximum absolute atomic E-state index is 12.0. The van der Waals surface area contributed by atoms with Gasteiger partial charge in [-0.1, -0.05) is 37.5 Å². The van der Waals surface area contributed by atoms with E-state index < -0.39 is 10.0 Å². The molecule has 5 heteroatoms. The Balaban J connectivity index is 2.57. The number of unbranched alkanes of at least 4 members (excludes halogenated alkanes) is 1. The van der Waals surface area contributed by atoms with Crippen molar-refractivity contribution in [1.82, 2.24) is 4.72 Å². The molecule has 0 heterocycles. The molecular formula is C13H22N2O2S. The molecular weight excluding hydrogens is 248 g/mol. The van der Waals surface area contributed by atoms with Gasteiger partial charge in [-0.2, -0.15) is 0 Å². The van der Waals surface area contributed by atoms with Crippen molar-refractivity contribution in [3.63, 3.8) is 0 Å². The van der Waals surface area contributed by atoms with Gasteiger partial charge in [-0.15, -0.1) is 0 Å². The quantitative estimate of drug-likeness (QED) is 0.793. The molecule has 0 aliphatic heterocycles. The smallest absolute Gasteiger partial charge is 0.240 e. The van der Waals surface area contributed by atoms with Crippen molar-refractivity contribution < 1.29 is 8.42 Å². The van der Waals surface area contributed by atoms with Gasteiger partial charge in [0.05, 0.1) is 4.90 Å². The fraction of sp³-hybridized carbons (Fsp3) is 0.538. The van der Waals surface area contributed by atoms with Gasteiger partial charge in [0.2, 0.25) is 10.0 Å². The van der Waals surface area contributed by atoms with E-state index in [0.717, 1.165) is 24.8 Å². The zero-order valence-corrected chi connectivity index (χ0v) is 11.8. The van der Waals surface area contributed by atoms with Crippen LogP contribution in [0.15, 0.2) is 29.2 Å². The highest BCUT2D eigenvalue weighted by molar-refractivity contribution is 7.89. The van der Waals surface area contributed by atoms with Crippen LogP contribution in [-0.4, -0.2) is 21.0 Å².